The van der Waals surface area contributed by atoms with Crippen LogP contribution in [-0.4, -0.2) is 34.6 Å². The molecule has 1 aromatic rings. The van der Waals surface area contributed by atoms with Gasteiger partial charge in [-0.05, 0) is 31.3 Å². The Hall–Kier alpha value is -1.11. The molecule has 1 aromatic carbocycles. The van der Waals surface area contributed by atoms with E-state index in [0.717, 1.165) is 5.69 Å². The lowest BCUT2D eigenvalue weighted by molar-refractivity contribution is 0.495. The number of rotatable bonds is 4. The van der Waals surface area contributed by atoms with Crippen molar-refractivity contribution >= 4 is 15.7 Å². The molecule has 5 nitrogen and oxygen atoms in total. The first kappa shape index (κ1) is 12.0. The highest BCUT2D eigenvalue weighted by atomic mass is 32.2. The summed E-state index contributed by atoms with van der Waals surface area (Å²) < 4.78 is 25.0. The average Bonchev–Trinajstić information content (AvgIpc) is 2.18. The number of nitrogens with zero attached hydrogens (tertiary/aromatic N) is 1. The van der Waals surface area contributed by atoms with Gasteiger partial charge in [0.15, 0.2) is 0 Å². The lowest BCUT2D eigenvalue weighted by Gasteiger charge is -2.13. The van der Waals surface area contributed by atoms with E-state index in [9.17, 15) is 8.42 Å². The first-order valence-electron chi connectivity index (χ1n) is 4.43. The van der Waals surface area contributed by atoms with Gasteiger partial charge in [0.2, 0.25) is 10.0 Å². The second-order valence-electron chi connectivity index (χ2n) is 3.24. The zero-order valence-electron chi connectivity index (χ0n) is 8.98. The first-order valence-corrected chi connectivity index (χ1v) is 5.91. The largest absolute Gasteiger partial charge is 0.319 e. The predicted octanol–water partition coefficient (Wildman–Crippen LogP) is 0.483. The van der Waals surface area contributed by atoms with Gasteiger partial charge in [-0.25, -0.2) is 18.1 Å². The van der Waals surface area contributed by atoms with Gasteiger partial charge >= 0.3 is 0 Å². The van der Waals surface area contributed by atoms with Gasteiger partial charge in [0.1, 0.15) is 0 Å². The third kappa shape index (κ3) is 3.19. The van der Waals surface area contributed by atoms with E-state index in [2.05, 4.69) is 10.1 Å². The molecular formula is C9H15N3O2S. The molecule has 0 bridgehead atoms. The van der Waals surface area contributed by atoms with E-state index in [1.807, 2.05) is 14.1 Å². The van der Waals surface area contributed by atoms with E-state index in [-0.39, 0.29) is 4.90 Å². The molecule has 0 aliphatic carbocycles. The van der Waals surface area contributed by atoms with Gasteiger partial charge in [-0.3, -0.25) is 0 Å². The standard InChI is InChI=1S/C9H15N3O2S/c1-10-15(13,14)9-6-4-8(5-7-9)11-12(2)3/h4-7,10-11H,1-3H3. The second-order valence-corrected chi connectivity index (χ2v) is 5.12. The summed E-state index contributed by atoms with van der Waals surface area (Å²) in [4.78, 5) is 0.259. The maximum atomic E-state index is 11.4. The molecule has 0 heterocycles. The Labute approximate surface area is 90.1 Å². The number of benzene rings is 1. The number of sulfonamides is 1. The number of nitrogens with one attached hydrogen (secondary N) is 2. The summed E-state index contributed by atoms with van der Waals surface area (Å²) in [7, 11) is 1.77. The van der Waals surface area contributed by atoms with Crippen LogP contribution in [-0.2, 0) is 10.0 Å². The molecule has 2 N–H and O–H groups in total. The van der Waals surface area contributed by atoms with Gasteiger partial charge in [-0.15, -0.1) is 0 Å². The zero-order chi connectivity index (χ0) is 11.5. The SMILES string of the molecule is CNS(=O)(=O)c1ccc(NN(C)C)cc1. The molecule has 0 spiro atoms. The molecular weight excluding hydrogens is 214 g/mol. The Morgan fingerprint density at radius 2 is 1.67 bits per heavy atom. The fourth-order valence-corrected chi connectivity index (χ4v) is 1.81. The summed E-state index contributed by atoms with van der Waals surface area (Å²) >= 11 is 0. The van der Waals surface area contributed by atoms with Gasteiger partial charge in [0.25, 0.3) is 0 Å². The van der Waals surface area contributed by atoms with E-state index in [1.54, 1.807) is 29.3 Å². The van der Waals surface area contributed by atoms with Crippen LogP contribution in [0.1, 0.15) is 0 Å². The summed E-state index contributed by atoms with van der Waals surface area (Å²) in [6.45, 7) is 0. The molecule has 0 unspecified atom stereocenters. The van der Waals surface area contributed by atoms with Crippen molar-refractivity contribution in [2.75, 3.05) is 26.6 Å². The van der Waals surface area contributed by atoms with Crippen molar-refractivity contribution in [3.05, 3.63) is 24.3 Å². The molecule has 0 aromatic heterocycles. The molecule has 0 saturated heterocycles. The second kappa shape index (κ2) is 4.61. The van der Waals surface area contributed by atoms with E-state index in [1.165, 1.54) is 7.05 Å². The van der Waals surface area contributed by atoms with Crippen LogP contribution in [0, 0.1) is 0 Å². The van der Waals surface area contributed by atoms with Crippen molar-refractivity contribution in [2.45, 2.75) is 4.90 Å². The minimum absolute atomic E-state index is 0.259. The van der Waals surface area contributed by atoms with Crippen LogP contribution in [0.15, 0.2) is 29.2 Å². The van der Waals surface area contributed by atoms with Crippen LogP contribution in [0.5, 0.6) is 0 Å². The lowest BCUT2D eigenvalue weighted by atomic mass is 10.3. The minimum Gasteiger partial charge on any atom is -0.319 e. The van der Waals surface area contributed by atoms with Crippen LogP contribution >= 0.6 is 0 Å². The summed E-state index contributed by atoms with van der Waals surface area (Å²) in [6.07, 6.45) is 0. The van der Waals surface area contributed by atoms with Crippen molar-refractivity contribution in [3.63, 3.8) is 0 Å². The van der Waals surface area contributed by atoms with E-state index in [4.69, 9.17) is 0 Å². The molecule has 1 rings (SSSR count). The average molecular weight is 229 g/mol. The Morgan fingerprint density at radius 1 is 1.13 bits per heavy atom. The van der Waals surface area contributed by atoms with E-state index >= 15 is 0 Å². The van der Waals surface area contributed by atoms with Crippen LogP contribution in [0.3, 0.4) is 0 Å². The van der Waals surface area contributed by atoms with Crippen LogP contribution < -0.4 is 10.1 Å². The summed E-state index contributed by atoms with van der Waals surface area (Å²) in [5.74, 6) is 0. The monoisotopic (exact) mass is 229 g/mol. The molecule has 84 valence electrons. The minimum atomic E-state index is -3.33. The highest BCUT2D eigenvalue weighted by Gasteiger charge is 2.10. The molecule has 0 saturated carbocycles. The molecule has 6 heteroatoms. The maximum absolute atomic E-state index is 11.4. The Kier molecular flexibility index (Phi) is 3.67. The van der Waals surface area contributed by atoms with Gasteiger partial charge in [0.05, 0.1) is 4.90 Å². The van der Waals surface area contributed by atoms with Gasteiger partial charge in [-0.2, -0.15) is 0 Å². The molecule has 15 heavy (non-hydrogen) atoms. The summed E-state index contributed by atoms with van der Waals surface area (Å²) in [5, 5.41) is 1.78. The summed E-state index contributed by atoms with van der Waals surface area (Å²) in [5.41, 5.74) is 3.86. The molecule has 0 radical (unpaired) electrons. The third-order valence-corrected chi connectivity index (χ3v) is 3.22. The van der Waals surface area contributed by atoms with Crippen molar-refractivity contribution in [1.82, 2.24) is 9.73 Å². The fourth-order valence-electron chi connectivity index (χ4n) is 1.08. The van der Waals surface area contributed by atoms with Crippen LogP contribution in [0.2, 0.25) is 0 Å². The smallest absolute Gasteiger partial charge is 0.240 e. The number of hydrogen-bond donors (Lipinski definition) is 2. The van der Waals surface area contributed by atoms with Crippen molar-refractivity contribution < 1.29 is 8.42 Å². The molecule has 0 aliphatic rings. The number of hydrogen-bond acceptors (Lipinski definition) is 4. The van der Waals surface area contributed by atoms with Gasteiger partial charge < -0.3 is 5.43 Å². The Bertz CT molecular complexity index is 411. The predicted molar refractivity (Wildman–Crippen MR) is 60.0 cm³/mol. The summed E-state index contributed by atoms with van der Waals surface area (Å²) in [6, 6.07) is 6.53. The van der Waals surface area contributed by atoms with Crippen molar-refractivity contribution in [3.8, 4) is 0 Å². The normalized spacial score (nSPS) is 11.7. The highest BCUT2D eigenvalue weighted by Crippen LogP contribution is 2.13. The van der Waals surface area contributed by atoms with Gasteiger partial charge in [0, 0.05) is 19.8 Å². The van der Waals surface area contributed by atoms with Crippen molar-refractivity contribution in [1.29, 1.82) is 0 Å². The number of hydrazine groups is 1. The lowest BCUT2D eigenvalue weighted by Crippen LogP contribution is -2.20. The Morgan fingerprint density at radius 3 is 2.07 bits per heavy atom. The maximum Gasteiger partial charge on any atom is 0.240 e. The topological polar surface area (TPSA) is 61.4 Å². The Balaban J connectivity index is 2.91. The molecule has 0 fully saturated rings. The quantitative estimate of drug-likeness (QED) is 0.737. The van der Waals surface area contributed by atoms with Crippen LogP contribution in [0.25, 0.3) is 0 Å². The third-order valence-electron chi connectivity index (χ3n) is 1.79. The fraction of sp³-hybridized carbons (Fsp3) is 0.333. The molecule has 0 aliphatic heterocycles. The van der Waals surface area contributed by atoms with Gasteiger partial charge in [-0.1, -0.05) is 0 Å². The van der Waals surface area contributed by atoms with Crippen LogP contribution in [0.4, 0.5) is 5.69 Å². The van der Waals surface area contributed by atoms with Crippen molar-refractivity contribution in [2.24, 2.45) is 0 Å². The first-order chi connectivity index (χ1) is 6.95. The van der Waals surface area contributed by atoms with E-state index in [0.29, 0.717) is 0 Å². The number of anilines is 1. The highest BCUT2D eigenvalue weighted by molar-refractivity contribution is 7.89. The molecule has 0 amide bonds. The zero-order valence-corrected chi connectivity index (χ0v) is 9.80. The molecule has 0 atom stereocenters. The van der Waals surface area contributed by atoms with E-state index < -0.39 is 10.0 Å².